The average molecular weight is 338 g/mol. The molecule has 4 rings (SSSR count). The minimum atomic E-state index is -0.704. The fraction of sp³-hybridized carbons (Fsp3) is 0.278. The number of fused-ring (bicyclic) bond motifs is 3. The fourth-order valence-electron chi connectivity index (χ4n) is 3.36. The minimum absolute atomic E-state index is 0.243. The maximum Gasteiger partial charge on any atom is 0.298 e. The number of nitrogens with zero attached hydrogens (tertiary/aromatic N) is 2. The molecule has 0 aliphatic carbocycles. The Hall–Kier alpha value is -2.93. The third-order valence-electron chi connectivity index (χ3n) is 4.43. The van der Waals surface area contributed by atoms with E-state index in [0.29, 0.717) is 17.7 Å². The Bertz CT molecular complexity index is 970. The van der Waals surface area contributed by atoms with E-state index in [1.807, 2.05) is 24.3 Å². The predicted octanol–water partition coefficient (Wildman–Crippen LogP) is 1.90. The number of ketones is 1. The number of amides is 1. The first-order valence-electron chi connectivity index (χ1n) is 8.25. The molecule has 128 valence electrons. The Labute approximate surface area is 144 Å². The second-order valence-corrected chi connectivity index (χ2v) is 6.10. The van der Waals surface area contributed by atoms with E-state index in [1.165, 1.54) is 0 Å². The Kier molecular flexibility index (Phi) is 3.85. The molecule has 25 heavy (non-hydrogen) atoms. The number of hydrogen-bond acceptors (Lipinski definition) is 5. The number of rotatable bonds is 3. The van der Waals surface area contributed by atoms with E-state index >= 15 is 0 Å². The third-order valence-corrected chi connectivity index (χ3v) is 4.43. The van der Waals surface area contributed by atoms with Crippen LogP contribution in [0.15, 0.2) is 34.9 Å². The highest BCUT2D eigenvalue weighted by molar-refractivity contribution is 6.48. The molecule has 0 radical (unpaired) electrons. The molecule has 0 fully saturated rings. The largest absolute Gasteiger partial charge is 0.360 e. The average Bonchev–Trinajstić information content (AvgIpc) is 3.05. The van der Waals surface area contributed by atoms with Crippen molar-refractivity contribution in [3.05, 3.63) is 47.3 Å². The van der Waals surface area contributed by atoms with Gasteiger partial charge < -0.3 is 19.7 Å². The van der Waals surface area contributed by atoms with Gasteiger partial charge in [-0.05, 0) is 13.0 Å². The van der Waals surface area contributed by atoms with Gasteiger partial charge in [-0.3, -0.25) is 9.59 Å². The van der Waals surface area contributed by atoms with Gasteiger partial charge in [-0.15, -0.1) is 0 Å². The topological polar surface area (TPSA) is 89.2 Å². The number of Topliss-reactive ketones (excluding diaryl/α,β-unsaturated/α-hetero) is 1. The highest BCUT2D eigenvalue weighted by atomic mass is 16.5. The monoisotopic (exact) mass is 338 g/mol. The van der Waals surface area contributed by atoms with Crippen molar-refractivity contribution < 1.29 is 14.1 Å². The van der Waals surface area contributed by atoms with E-state index in [9.17, 15) is 9.59 Å². The summed E-state index contributed by atoms with van der Waals surface area (Å²) < 4.78 is 7.06. The third kappa shape index (κ3) is 2.72. The van der Waals surface area contributed by atoms with Gasteiger partial charge in [0.05, 0.1) is 5.56 Å². The summed E-state index contributed by atoms with van der Waals surface area (Å²) in [5.74, 6) is -0.443. The summed E-state index contributed by atoms with van der Waals surface area (Å²) in [6, 6.07) is 9.29. The molecule has 1 aliphatic rings. The summed E-state index contributed by atoms with van der Waals surface area (Å²) in [4.78, 5) is 25.4. The lowest BCUT2D eigenvalue weighted by Crippen LogP contribution is -2.24. The zero-order chi connectivity index (χ0) is 17.4. The van der Waals surface area contributed by atoms with Crippen molar-refractivity contribution in [2.45, 2.75) is 19.9 Å². The molecule has 0 saturated carbocycles. The van der Waals surface area contributed by atoms with Crippen LogP contribution in [0.4, 0.5) is 5.82 Å². The summed E-state index contributed by atoms with van der Waals surface area (Å²) in [6.45, 7) is 4.11. The van der Waals surface area contributed by atoms with Crippen molar-refractivity contribution in [3.63, 3.8) is 0 Å². The first-order chi connectivity index (χ1) is 12.1. The molecule has 1 amide bonds. The van der Waals surface area contributed by atoms with E-state index in [4.69, 9.17) is 4.52 Å². The highest BCUT2D eigenvalue weighted by Crippen LogP contribution is 2.28. The summed E-state index contributed by atoms with van der Waals surface area (Å²) in [7, 11) is 0. The lowest BCUT2D eigenvalue weighted by atomic mass is 10.0. The Balaban J connectivity index is 1.76. The normalized spacial score (nSPS) is 14.1. The molecule has 2 aromatic heterocycles. The number of aryl methyl sites for hydroxylation is 1. The lowest BCUT2D eigenvalue weighted by molar-refractivity contribution is -0.112. The molecular weight excluding hydrogens is 320 g/mol. The zero-order valence-electron chi connectivity index (χ0n) is 13.8. The van der Waals surface area contributed by atoms with Crippen molar-refractivity contribution in [1.82, 2.24) is 15.0 Å². The van der Waals surface area contributed by atoms with Gasteiger partial charge >= 0.3 is 0 Å². The Morgan fingerprint density at radius 1 is 1.28 bits per heavy atom. The van der Waals surface area contributed by atoms with E-state index < -0.39 is 11.7 Å². The second kappa shape index (κ2) is 6.18. The molecule has 3 heterocycles. The Morgan fingerprint density at radius 3 is 2.92 bits per heavy atom. The van der Waals surface area contributed by atoms with Gasteiger partial charge in [0.2, 0.25) is 0 Å². The Morgan fingerprint density at radius 2 is 2.12 bits per heavy atom. The SMILES string of the molecule is Cc1cc(NC(=O)C(=O)c2c3n(c4ccccc24)CCNCC3)no1. The summed E-state index contributed by atoms with van der Waals surface area (Å²) in [5, 5.41) is 10.4. The molecule has 7 heteroatoms. The van der Waals surface area contributed by atoms with Gasteiger partial charge in [-0.1, -0.05) is 23.4 Å². The number of aromatic nitrogens is 2. The number of anilines is 1. The zero-order valence-corrected chi connectivity index (χ0v) is 13.8. The molecule has 0 saturated heterocycles. The first kappa shape index (κ1) is 15.6. The molecular formula is C18H18N4O3. The smallest absolute Gasteiger partial charge is 0.298 e. The number of hydrogen-bond donors (Lipinski definition) is 2. The van der Waals surface area contributed by atoms with Crippen LogP contribution >= 0.6 is 0 Å². The molecule has 1 aliphatic heterocycles. The van der Waals surface area contributed by atoms with E-state index in [0.717, 1.165) is 36.2 Å². The molecule has 0 unspecified atom stereocenters. The van der Waals surface area contributed by atoms with Crippen LogP contribution in [-0.4, -0.2) is 34.5 Å². The number of nitrogens with one attached hydrogen (secondary N) is 2. The predicted molar refractivity (Wildman–Crippen MR) is 92.7 cm³/mol. The van der Waals surface area contributed by atoms with Crippen LogP contribution in [0, 0.1) is 6.92 Å². The molecule has 1 aromatic carbocycles. The second-order valence-electron chi connectivity index (χ2n) is 6.10. The van der Waals surface area contributed by atoms with Crippen LogP contribution in [0.5, 0.6) is 0 Å². The number of carbonyl (C=O) groups excluding carboxylic acids is 2. The van der Waals surface area contributed by atoms with Crippen molar-refractivity contribution in [1.29, 1.82) is 0 Å². The molecule has 3 aromatic rings. The summed E-state index contributed by atoms with van der Waals surface area (Å²) in [5.41, 5.74) is 2.37. The molecule has 0 spiro atoms. The highest BCUT2D eigenvalue weighted by Gasteiger charge is 2.27. The van der Waals surface area contributed by atoms with Gasteiger partial charge in [0.25, 0.3) is 11.7 Å². The maximum absolute atomic E-state index is 12.9. The van der Waals surface area contributed by atoms with Crippen LogP contribution in [0.2, 0.25) is 0 Å². The van der Waals surface area contributed by atoms with Crippen LogP contribution < -0.4 is 10.6 Å². The summed E-state index contributed by atoms with van der Waals surface area (Å²) in [6.07, 6.45) is 0.700. The van der Waals surface area contributed by atoms with Gasteiger partial charge in [0, 0.05) is 48.7 Å². The standard InChI is InChI=1S/C18H18N4O3/c1-11-10-15(21-25-11)20-18(24)17(23)16-12-4-2-3-5-13(12)22-9-8-19-7-6-14(16)22/h2-5,10,19H,6-9H2,1H3,(H,20,21,24). The number of benzene rings is 1. The number of carbonyl (C=O) groups is 2. The van der Waals surface area contributed by atoms with E-state index in [1.54, 1.807) is 13.0 Å². The fourth-order valence-corrected chi connectivity index (χ4v) is 3.36. The maximum atomic E-state index is 12.9. The number of para-hydroxylation sites is 1. The minimum Gasteiger partial charge on any atom is -0.360 e. The molecule has 0 bridgehead atoms. The first-order valence-corrected chi connectivity index (χ1v) is 8.25. The van der Waals surface area contributed by atoms with Gasteiger partial charge in [0.15, 0.2) is 5.82 Å². The van der Waals surface area contributed by atoms with Gasteiger partial charge in [-0.2, -0.15) is 0 Å². The molecule has 2 N–H and O–H groups in total. The van der Waals surface area contributed by atoms with Crippen LogP contribution in [-0.2, 0) is 17.8 Å². The van der Waals surface area contributed by atoms with E-state index in [2.05, 4.69) is 20.4 Å². The lowest BCUT2D eigenvalue weighted by Gasteiger charge is -2.06. The van der Waals surface area contributed by atoms with Crippen molar-refractivity contribution in [2.24, 2.45) is 0 Å². The van der Waals surface area contributed by atoms with Crippen LogP contribution in [0.1, 0.15) is 21.8 Å². The molecule has 0 atom stereocenters. The van der Waals surface area contributed by atoms with Crippen molar-refractivity contribution >= 4 is 28.4 Å². The molecule has 7 nitrogen and oxygen atoms in total. The van der Waals surface area contributed by atoms with Gasteiger partial charge in [-0.25, -0.2) is 0 Å². The quantitative estimate of drug-likeness (QED) is 0.562. The van der Waals surface area contributed by atoms with Crippen molar-refractivity contribution in [2.75, 3.05) is 18.4 Å². The van der Waals surface area contributed by atoms with Crippen molar-refractivity contribution in [3.8, 4) is 0 Å². The van der Waals surface area contributed by atoms with Crippen LogP contribution in [0.25, 0.3) is 10.9 Å². The van der Waals surface area contributed by atoms with Crippen LogP contribution in [0.3, 0.4) is 0 Å². The van der Waals surface area contributed by atoms with E-state index in [-0.39, 0.29) is 5.82 Å². The summed E-state index contributed by atoms with van der Waals surface area (Å²) >= 11 is 0. The van der Waals surface area contributed by atoms with Gasteiger partial charge in [0.1, 0.15) is 5.76 Å².